The number of halogens is 1. The van der Waals surface area contributed by atoms with Crippen LogP contribution >= 0.6 is 22.9 Å². The highest BCUT2D eigenvalue weighted by atomic mass is 35.5. The van der Waals surface area contributed by atoms with Gasteiger partial charge < -0.3 is 15.8 Å². The molecule has 0 bridgehead atoms. The first-order valence-corrected chi connectivity index (χ1v) is 9.41. The van der Waals surface area contributed by atoms with Gasteiger partial charge in [0.15, 0.2) is 0 Å². The van der Waals surface area contributed by atoms with Crippen molar-refractivity contribution in [2.45, 2.75) is 13.0 Å². The molecular weight excluding hydrogens is 366 g/mol. The number of hydrazine groups is 1. The number of nitrogens with two attached hydrogens (primary N) is 2. The summed E-state index contributed by atoms with van der Waals surface area (Å²) in [6.07, 6.45) is 2.69. The smallest absolute Gasteiger partial charge is 0.140 e. The van der Waals surface area contributed by atoms with E-state index in [1.807, 2.05) is 24.3 Å². The van der Waals surface area contributed by atoms with E-state index >= 15 is 0 Å². The molecule has 2 aromatic carbocycles. The van der Waals surface area contributed by atoms with Crippen molar-refractivity contribution in [2.24, 2.45) is 16.8 Å². The van der Waals surface area contributed by atoms with Gasteiger partial charge >= 0.3 is 0 Å². The molecule has 0 amide bonds. The zero-order valence-electron chi connectivity index (χ0n) is 13.9. The molecule has 132 valence electrons. The number of amidine groups is 1. The van der Waals surface area contributed by atoms with Gasteiger partial charge in [-0.25, -0.2) is 5.84 Å². The summed E-state index contributed by atoms with van der Waals surface area (Å²) in [6, 6.07) is 14.3. The lowest BCUT2D eigenvalue weighted by atomic mass is 10.1. The quantitative estimate of drug-likeness (QED) is 0.217. The molecule has 2 aromatic heterocycles. The third-order valence-electron chi connectivity index (χ3n) is 4.51. The van der Waals surface area contributed by atoms with Crippen molar-refractivity contribution in [3.63, 3.8) is 0 Å². The minimum atomic E-state index is 0.542. The van der Waals surface area contributed by atoms with Gasteiger partial charge in [-0.3, -0.25) is 0 Å². The van der Waals surface area contributed by atoms with Gasteiger partial charge in [0.1, 0.15) is 5.84 Å². The van der Waals surface area contributed by atoms with Crippen molar-refractivity contribution < 1.29 is 0 Å². The first kappa shape index (κ1) is 16.9. The maximum Gasteiger partial charge on any atom is 0.140 e. The molecule has 4 aromatic rings. The Kier molecular flexibility index (Phi) is 4.55. The molecule has 0 saturated carbocycles. The number of hydrazone groups is 1. The van der Waals surface area contributed by atoms with Crippen LogP contribution in [0.5, 0.6) is 0 Å². The minimum Gasteiger partial charge on any atom is -0.343 e. The number of nitrogens with zero attached hydrogens (tertiary/aromatic N) is 2. The fourth-order valence-electron chi connectivity index (χ4n) is 3.27. The van der Waals surface area contributed by atoms with Gasteiger partial charge in [-0.05, 0) is 46.2 Å². The summed E-state index contributed by atoms with van der Waals surface area (Å²) in [4.78, 5) is 0. The summed E-state index contributed by atoms with van der Waals surface area (Å²) in [6.45, 7) is 0.770. The van der Waals surface area contributed by atoms with Crippen molar-refractivity contribution in [3.8, 4) is 0 Å². The third kappa shape index (κ3) is 3.03. The molecule has 0 fully saturated rings. The number of aromatic nitrogens is 1. The van der Waals surface area contributed by atoms with E-state index < -0.39 is 0 Å². The van der Waals surface area contributed by atoms with Crippen molar-refractivity contribution >= 4 is 49.8 Å². The number of benzene rings is 2. The van der Waals surface area contributed by atoms with Gasteiger partial charge in [-0.15, -0.1) is 11.3 Å². The van der Waals surface area contributed by atoms with Crippen LogP contribution in [0.15, 0.2) is 59.1 Å². The Morgan fingerprint density at radius 2 is 2.00 bits per heavy atom. The van der Waals surface area contributed by atoms with Crippen molar-refractivity contribution in [1.29, 1.82) is 0 Å². The Balaban J connectivity index is 1.77. The SMILES string of the molecule is N/N=C(/Cc1cn(Cc2csc3ccc(Cl)cc23)c2ccccc12)NN. The summed E-state index contributed by atoms with van der Waals surface area (Å²) in [5.74, 6) is 11.4. The van der Waals surface area contributed by atoms with E-state index in [0.717, 1.165) is 22.6 Å². The zero-order chi connectivity index (χ0) is 18.1. The number of thiophene rings is 1. The summed E-state index contributed by atoms with van der Waals surface area (Å²) < 4.78 is 3.49. The van der Waals surface area contributed by atoms with E-state index in [1.165, 1.54) is 21.0 Å². The topological polar surface area (TPSA) is 81.4 Å². The van der Waals surface area contributed by atoms with Crippen molar-refractivity contribution in [1.82, 2.24) is 9.99 Å². The lowest BCUT2D eigenvalue weighted by molar-refractivity contribution is 0.840. The van der Waals surface area contributed by atoms with Crippen LogP contribution in [0.4, 0.5) is 0 Å². The van der Waals surface area contributed by atoms with Gasteiger partial charge in [0.25, 0.3) is 0 Å². The van der Waals surface area contributed by atoms with Crippen LogP contribution in [0.1, 0.15) is 11.1 Å². The van der Waals surface area contributed by atoms with Crippen LogP contribution in [-0.4, -0.2) is 10.4 Å². The van der Waals surface area contributed by atoms with Crippen LogP contribution in [0.2, 0.25) is 5.02 Å². The highest BCUT2D eigenvalue weighted by Crippen LogP contribution is 2.31. The highest BCUT2D eigenvalue weighted by molar-refractivity contribution is 7.17. The number of hydrogen-bond donors (Lipinski definition) is 3. The highest BCUT2D eigenvalue weighted by Gasteiger charge is 2.12. The minimum absolute atomic E-state index is 0.542. The molecule has 4 rings (SSSR count). The van der Waals surface area contributed by atoms with E-state index in [1.54, 1.807) is 11.3 Å². The van der Waals surface area contributed by atoms with Crippen LogP contribution in [0, 0.1) is 0 Å². The summed E-state index contributed by atoms with van der Waals surface area (Å²) in [5.41, 5.74) is 6.10. The van der Waals surface area contributed by atoms with Crippen LogP contribution < -0.4 is 17.1 Å². The Morgan fingerprint density at radius 3 is 2.81 bits per heavy atom. The average Bonchev–Trinajstić information content (AvgIpc) is 3.22. The van der Waals surface area contributed by atoms with E-state index in [4.69, 9.17) is 23.3 Å². The molecule has 5 N–H and O–H groups in total. The molecule has 2 heterocycles. The van der Waals surface area contributed by atoms with Crippen LogP contribution in [0.25, 0.3) is 21.0 Å². The number of rotatable bonds is 4. The lowest BCUT2D eigenvalue weighted by Gasteiger charge is -2.05. The standard InChI is InChI=1S/C19H18ClN5S/c20-14-5-6-18-16(8-14)13(11-26-18)10-25-9-12(7-19(23-21)24-22)15-3-1-2-4-17(15)25/h1-6,8-9,11H,7,10,21-22H2,(H,23,24). The predicted molar refractivity (Wildman–Crippen MR) is 111 cm³/mol. The maximum atomic E-state index is 6.19. The molecule has 0 atom stereocenters. The Bertz CT molecular complexity index is 1110. The van der Waals surface area contributed by atoms with E-state index in [0.29, 0.717) is 12.3 Å². The number of hydrogen-bond acceptors (Lipinski definition) is 4. The number of fused-ring (bicyclic) bond motifs is 2. The lowest BCUT2D eigenvalue weighted by Crippen LogP contribution is -2.32. The van der Waals surface area contributed by atoms with E-state index in [2.05, 4.69) is 44.9 Å². The second-order valence-corrected chi connectivity index (χ2v) is 7.45. The number of para-hydroxylation sites is 1. The Morgan fingerprint density at radius 1 is 1.15 bits per heavy atom. The van der Waals surface area contributed by atoms with E-state index in [-0.39, 0.29) is 0 Å². The molecule has 0 spiro atoms. The van der Waals surface area contributed by atoms with Crippen LogP contribution in [-0.2, 0) is 13.0 Å². The molecule has 0 aliphatic carbocycles. The largest absolute Gasteiger partial charge is 0.343 e. The van der Waals surface area contributed by atoms with Gasteiger partial charge in [-0.2, -0.15) is 5.10 Å². The zero-order valence-corrected chi connectivity index (χ0v) is 15.5. The summed E-state index contributed by atoms with van der Waals surface area (Å²) >= 11 is 7.93. The third-order valence-corrected chi connectivity index (χ3v) is 5.76. The summed E-state index contributed by atoms with van der Waals surface area (Å²) in [7, 11) is 0. The first-order valence-electron chi connectivity index (χ1n) is 8.15. The van der Waals surface area contributed by atoms with Crippen LogP contribution in [0.3, 0.4) is 0 Å². The molecule has 0 saturated heterocycles. The molecule has 26 heavy (non-hydrogen) atoms. The average molecular weight is 384 g/mol. The van der Waals surface area contributed by atoms with E-state index in [9.17, 15) is 0 Å². The fourth-order valence-corrected chi connectivity index (χ4v) is 4.38. The van der Waals surface area contributed by atoms with Gasteiger partial charge in [0.2, 0.25) is 0 Å². The fraction of sp³-hybridized carbons (Fsp3) is 0.105. The predicted octanol–water partition coefficient (Wildman–Crippen LogP) is 3.84. The Labute approximate surface area is 159 Å². The molecule has 0 radical (unpaired) electrons. The summed E-state index contributed by atoms with van der Waals surface area (Å²) in [5, 5.41) is 9.03. The molecule has 0 aliphatic heterocycles. The van der Waals surface area contributed by atoms with Gasteiger partial charge in [-0.1, -0.05) is 29.8 Å². The molecule has 0 unspecified atom stereocenters. The molecular formula is C19H18ClN5S. The molecule has 5 nitrogen and oxygen atoms in total. The number of nitrogens with one attached hydrogen (secondary N) is 1. The first-order chi connectivity index (χ1) is 12.7. The monoisotopic (exact) mass is 383 g/mol. The Hall–Kier alpha value is -2.54. The second kappa shape index (κ2) is 6.99. The van der Waals surface area contributed by atoms with Gasteiger partial charge in [0.05, 0.1) is 0 Å². The normalized spacial score (nSPS) is 12.2. The van der Waals surface area contributed by atoms with Crippen molar-refractivity contribution in [3.05, 3.63) is 70.2 Å². The second-order valence-electron chi connectivity index (χ2n) is 6.10. The van der Waals surface area contributed by atoms with Crippen molar-refractivity contribution in [2.75, 3.05) is 0 Å². The molecule has 0 aliphatic rings. The maximum absolute atomic E-state index is 6.19. The molecule has 7 heteroatoms. The van der Waals surface area contributed by atoms with Gasteiger partial charge in [0, 0.05) is 39.8 Å².